The predicted molar refractivity (Wildman–Crippen MR) is 115 cm³/mol. The van der Waals surface area contributed by atoms with Crippen LogP contribution in [0.2, 0.25) is 0 Å². The number of carbonyl (C=O) groups is 1. The fourth-order valence-electron chi connectivity index (χ4n) is 3.46. The first-order valence-electron chi connectivity index (χ1n) is 9.32. The first-order chi connectivity index (χ1) is 14.2. The zero-order valence-corrected chi connectivity index (χ0v) is 17.0. The number of aromatic nitrogens is 3. The van der Waals surface area contributed by atoms with Crippen molar-refractivity contribution in [2.24, 2.45) is 0 Å². The number of aryl methyl sites for hydroxylation is 1. The molecule has 0 saturated carbocycles. The van der Waals surface area contributed by atoms with Gasteiger partial charge >= 0.3 is 0 Å². The average molecular weight is 425 g/mol. The lowest BCUT2D eigenvalue weighted by Gasteiger charge is -2.09. The number of thiazole rings is 1. The Bertz CT molecular complexity index is 1170. The highest BCUT2D eigenvalue weighted by atomic mass is 32.2. The molecule has 0 aliphatic heterocycles. The lowest BCUT2D eigenvalue weighted by atomic mass is 10.2. The number of fused-ring (bicyclic) bond motifs is 2. The van der Waals surface area contributed by atoms with Gasteiger partial charge < -0.3 is 5.32 Å². The minimum absolute atomic E-state index is 0.115. The molecule has 0 atom stereocenters. The lowest BCUT2D eigenvalue weighted by Crippen LogP contribution is -2.18. The maximum absolute atomic E-state index is 13.0. The molecular formula is C21H17FN4OS2. The van der Waals surface area contributed by atoms with E-state index in [-0.39, 0.29) is 17.5 Å². The number of thioether (sulfide) groups is 1. The topological polar surface area (TPSA) is 59.8 Å². The minimum Gasteiger partial charge on any atom is -0.310 e. The van der Waals surface area contributed by atoms with E-state index in [0.29, 0.717) is 0 Å². The van der Waals surface area contributed by atoms with Gasteiger partial charge in [0.25, 0.3) is 0 Å². The van der Waals surface area contributed by atoms with Crippen LogP contribution < -0.4 is 5.32 Å². The van der Waals surface area contributed by atoms with Gasteiger partial charge in [-0.1, -0.05) is 23.5 Å². The molecule has 2 aromatic heterocycles. The summed E-state index contributed by atoms with van der Waals surface area (Å²) in [5.74, 6) is 0.567. The van der Waals surface area contributed by atoms with Crippen molar-refractivity contribution in [2.75, 3.05) is 11.1 Å². The summed E-state index contributed by atoms with van der Waals surface area (Å²) in [6, 6.07) is 14.1. The quantitative estimate of drug-likeness (QED) is 0.466. The molecule has 1 aliphatic rings. The van der Waals surface area contributed by atoms with E-state index in [1.54, 1.807) is 28.2 Å². The fourth-order valence-corrected chi connectivity index (χ4v) is 5.08. The van der Waals surface area contributed by atoms with E-state index < -0.39 is 0 Å². The number of hydrogen-bond acceptors (Lipinski definition) is 5. The van der Waals surface area contributed by atoms with Gasteiger partial charge in [0.05, 0.1) is 21.7 Å². The number of rotatable bonds is 5. The third kappa shape index (κ3) is 3.65. The summed E-state index contributed by atoms with van der Waals surface area (Å²) in [4.78, 5) is 18.2. The predicted octanol–water partition coefficient (Wildman–Crippen LogP) is 4.84. The Balaban J connectivity index is 1.40. The molecule has 0 spiro atoms. The Morgan fingerprint density at radius 1 is 1.17 bits per heavy atom. The molecule has 0 bridgehead atoms. The molecule has 1 aliphatic carbocycles. The van der Waals surface area contributed by atoms with Crippen molar-refractivity contribution >= 4 is 45.0 Å². The first kappa shape index (κ1) is 18.3. The van der Waals surface area contributed by atoms with Crippen molar-refractivity contribution in [3.05, 3.63) is 65.6 Å². The molecule has 0 unspecified atom stereocenters. The summed E-state index contributed by atoms with van der Waals surface area (Å²) >= 11 is 2.93. The van der Waals surface area contributed by atoms with Crippen molar-refractivity contribution in [3.8, 4) is 5.13 Å². The highest BCUT2D eigenvalue weighted by Gasteiger charge is 2.25. The lowest BCUT2D eigenvalue weighted by molar-refractivity contribution is -0.113. The van der Waals surface area contributed by atoms with Crippen molar-refractivity contribution < 1.29 is 9.18 Å². The van der Waals surface area contributed by atoms with Crippen LogP contribution in [0.5, 0.6) is 0 Å². The molecular weight excluding hydrogens is 407 g/mol. The molecule has 1 amide bonds. The van der Waals surface area contributed by atoms with Crippen LogP contribution in [0.4, 0.5) is 10.2 Å². The van der Waals surface area contributed by atoms with Crippen molar-refractivity contribution in [1.82, 2.24) is 14.8 Å². The summed E-state index contributed by atoms with van der Waals surface area (Å²) in [5.41, 5.74) is 3.06. The highest BCUT2D eigenvalue weighted by Crippen LogP contribution is 2.34. The molecule has 5 rings (SSSR count). The molecule has 8 heteroatoms. The second-order valence-corrected chi connectivity index (χ2v) is 8.85. The van der Waals surface area contributed by atoms with E-state index in [1.165, 1.54) is 23.9 Å². The second-order valence-electron chi connectivity index (χ2n) is 6.79. The van der Waals surface area contributed by atoms with E-state index in [1.807, 2.05) is 24.3 Å². The number of hydrogen-bond donors (Lipinski definition) is 1. The van der Waals surface area contributed by atoms with Gasteiger partial charge in [0, 0.05) is 10.5 Å². The van der Waals surface area contributed by atoms with Gasteiger partial charge in [-0.05, 0) is 55.7 Å². The molecule has 0 fully saturated rings. The first-order valence-corrected chi connectivity index (χ1v) is 11.1. The van der Waals surface area contributed by atoms with Crippen molar-refractivity contribution in [1.29, 1.82) is 0 Å². The molecule has 0 saturated heterocycles. The van der Waals surface area contributed by atoms with Crippen molar-refractivity contribution in [2.45, 2.75) is 24.2 Å². The number of para-hydroxylation sites is 1. The Kier molecular flexibility index (Phi) is 4.81. The summed E-state index contributed by atoms with van der Waals surface area (Å²) in [6.07, 6.45) is 2.87. The summed E-state index contributed by atoms with van der Waals surface area (Å²) < 4.78 is 15.9. The molecule has 2 aromatic carbocycles. The average Bonchev–Trinajstić information content (AvgIpc) is 3.42. The number of nitrogens with zero attached hydrogens (tertiary/aromatic N) is 3. The fraction of sp³-hybridized carbons (Fsp3) is 0.190. The monoisotopic (exact) mass is 424 g/mol. The minimum atomic E-state index is -0.283. The standard InChI is InChI=1S/C21H17FN4OS2/c22-13-8-10-14(11-9-13)28-12-19(27)24-20-15-4-3-6-16(15)25-26(20)21-23-17-5-1-2-7-18(17)29-21/h1-2,5,7-11H,3-4,6,12H2,(H,24,27). The third-order valence-electron chi connectivity index (χ3n) is 4.81. The SMILES string of the molecule is O=C(CSc1ccc(F)cc1)Nc1c2c(nn1-c1nc3ccccc3s1)CCC2. The smallest absolute Gasteiger partial charge is 0.235 e. The van der Waals surface area contributed by atoms with E-state index in [4.69, 9.17) is 10.1 Å². The Hall–Kier alpha value is -2.71. The van der Waals surface area contributed by atoms with Crippen molar-refractivity contribution in [3.63, 3.8) is 0 Å². The largest absolute Gasteiger partial charge is 0.310 e. The number of benzene rings is 2. The molecule has 29 heavy (non-hydrogen) atoms. The van der Waals surface area contributed by atoms with Gasteiger partial charge in [-0.3, -0.25) is 4.79 Å². The van der Waals surface area contributed by atoms with Crippen LogP contribution in [0.3, 0.4) is 0 Å². The van der Waals surface area contributed by atoms with E-state index >= 15 is 0 Å². The Morgan fingerprint density at radius 2 is 2.00 bits per heavy atom. The number of anilines is 1. The summed E-state index contributed by atoms with van der Waals surface area (Å²) in [6.45, 7) is 0. The van der Waals surface area contributed by atoms with E-state index in [9.17, 15) is 9.18 Å². The molecule has 146 valence electrons. The van der Waals surface area contributed by atoms with Gasteiger partial charge in [-0.15, -0.1) is 11.8 Å². The summed E-state index contributed by atoms with van der Waals surface area (Å²) in [7, 11) is 0. The van der Waals surface area contributed by atoms with Crippen LogP contribution in [0.1, 0.15) is 17.7 Å². The van der Waals surface area contributed by atoms with Crippen LogP contribution in [-0.2, 0) is 17.6 Å². The Labute approximate surface area is 175 Å². The molecule has 0 radical (unpaired) electrons. The number of amides is 1. The highest BCUT2D eigenvalue weighted by molar-refractivity contribution is 8.00. The summed E-state index contributed by atoms with van der Waals surface area (Å²) in [5, 5.41) is 8.54. The van der Waals surface area contributed by atoms with Gasteiger partial charge in [-0.25, -0.2) is 9.37 Å². The Morgan fingerprint density at radius 3 is 2.83 bits per heavy atom. The number of nitrogens with one attached hydrogen (secondary N) is 1. The zero-order valence-electron chi connectivity index (χ0n) is 15.4. The number of halogens is 1. The van der Waals surface area contributed by atoms with Crippen LogP contribution in [0, 0.1) is 5.82 Å². The van der Waals surface area contributed by atoms with Gasteiger partial charge in [-0.2, -0.15) is 9.78 Å². The number of carbonyl (C=O) groups excluding carboxylic acids is 1. The molecule has 5 nitrogen and oxygen atoms in total. The zero-order chi connectivity index (χ0) is 19.8. The maximum atomic E-state index is 13.0. The van der Waals surface area contributed by atoms with E-state index in [0.717, 1.165) is 56.6 Å². The van der Waals surface area contributed by atoms with Crippen LogP contribution >= 0.6 is 23.1 Å². The normalized spacial score (nSPS) is 13.0. The van der Waals surface area contributed by atoms with Crippen LogP contribution in [-0.4, -0.2) is 26.4 Å². The van der Waals surface area contributed by atoms with E-state index in [2.05, 4.69) is 5.32 Å². The van der Waals surface area contributed by atoms with Gasteiger partial charge in [0.1, 0.15) is 11.6 Å². The third-order valence-corrected chi connectivity index (χ3v) is 6.84. The molecule has 2 heterocycles. The van der Waals surface area contributed by atoms with Crippen LogP contribution in [0.15, 0.2) is 53.4 Å². The van der Waals surface area contributed by atoms with Gasteiger partial charge in [0.15, 0.2) is 0 Å². The molecule has 1 N–H and O–H groups in total. The molecule has 4 aromatic rings. The van der Waals surface area contributed by atoms with Gasteiger partial charge in [0.2, 0.25) is 11.0 Å². The van der Waals surface area contributed by atoms with Crippen LogP contribution in [0.25, 0.3) is 15.3 Å². The second kappa shape index (κ2) is 7.61. The maximum Gasteiger partial charge on any atom is 0.235 e.